The van der Waals surface area contributed by atoms with Crippen molar-refractivity contribution in [1.82, 2.24) is 0 Å². The molecule has 0 saturated heterocycles. The van der Waals surface area contributed by atoms with Crippen LogP contribution in [-0.2, 0) is 6.42 Å². The first-order valence-electron chi connectivity index (χ1n) is 10.6. The molecule has 0 heteroatoms. The fourth-order valence-corrected chi connectivity index (χ4v) is 4.88. The minimum Gasteiger partial charge on any atom is -0.0996 e. The van der Waals surface area contributed by atoms with E-state index in [1.165, 1.54) is 33.4 Å². The summed E-state index contributed by atoms with van der Waals surface area (Å²) in [5.74, 6) is 2.03. The maximum Gasteiger partial charge on any atom is 0.00827 e. The average Bonchev–Trinajstić information content (AvgIpc) is 2.71. The van der Waals surface area contributed by atoms with E-state index in [0.717, 1.165) is 19.3 Å². The molecule has 2 aromatic rings. The van der Waals surface area contributed by atoms with Crippen LogP contribution in [0.15, 0.2) is 85.5 Å². The summed E-state index contributed by atoms with van der Waals surface area (Å²) in [7, 11) is 0. The molecule has 1 fully saturated rings. The van der Waals surface area contributed by atoms with Crippen molar-refractivity contribution >= 4 is 5.57 Å². The van der Waals surface area contributed by atoms with Gasteiger partial charge in [0.05, 0.1) is 0 Å². The van der Waals surface area contributed by atoms with Crippen LogP contribution in [0.25, 0.3) is 5.57 Å². The Labute approximate surface area is 171 Å². The first-order chi connectivity index (χ1) is 13.4. The Morgan fingerprint density at radius 3 is 2.25 bits per heavy atom. The molecule has 28 heavy (non-hydrogen) atoms. The molecule has 1 aliphatic rings. The van der Waals surface area contributed by atoms with Gasteiger partial charge >= 0.3 is 0 Å². The van der Waals surface area contributed by atoms with Crippen LogP contribution >= 0.6 is 0 Å². The second-order valence-corrected chi connectivity index (χ2v) is 8.47. The van der Waals surface area contributed by atoms with Gasteiger partial charge in [0.1, 0.15) is 0 Å². The summed E-state index contributed by atoms with van der Waals surface area (Å²) in [4.78, 5) is 0. The highest BCUT2D eigenvalue weighted by Crippen LogP contribution is 2.56. The molecule has 1 aliphatic carbocycles. The topological polar surface area (TPSA) is 0 Å². The van der Waals surface area contributed by atoms with E-state index in [0.29, 0.717) is 23.7 Å². The van der Waals surface area contributed by atoms with E-state index in [4.69, 9.17) is 0 Å². The maximum absolute atomic E-state index is 4.50. The van der Waals surface area contributed by atoms with Crippen molar-refractivity contribution in [1.29, 1.82) is 0 Å². The van der Waals surface area contributed by atoms with Crippen molar-refractivity contribution in [2.75, 3.05) is 0 Å². The van der Waals surface area contributed by atoms with E-state index in [1.54, 1.807) is 0 Å². The Balaban J connectivity index is 1.64. The molecule has 0 radical (unpaired) electrons. The molecule has 0 nitrogen and oxygen atoms in total. The van der Waals surface area contributed by atoms with E-state index in [-0.39, 0.29) is 0 Å². The fourth-order valence-electron chi connectivity index (χ4n) is 4.88. The summed E-state index contributed by atoms with van der Waals surface area (Å²) in [6.45, 7) is 20.2. The Morgan fingerprint density at radius 2 is 1.64 bits per heavy atom. The second kappa shape index (κ2) is 8.78. The Kier molecular flexibility index (Phi) is 6.39. The third-order valence-corrected chi connectivity index (χ3v) is 6.75. The number of benzene rings is 2. The molecule has 2 aromatic carbocycles. The highest BCUT2D eigenvalue weighted by molar-refractivity contribution is 5.70. The molecule has 4 atom stereocenters. The predicted molar refractivity (Wildman–Crippen MR) is 123 cm³/mol. The lowest BCUT2D eigenvalue weighted by atomic mass is 9.53. The highest BCUT2D eigenvalue weighted by atomic mass is 14.5. The Hall–Kier alpha value is -2.34. The van der Waals surface area contributed by atoms with E-state index in [2.05, 4.69) is 95.1 Å². The molecule has 0 aliphatic heterocycles. The molecule has 1 saturated carbocycles. The van der Waals surface area contributed by atoms with Crippen LogP contribution in [0.1, 0.15) is 43.4 Å². The lowest BCUT2D eigenvalue weighted by molar-refractivity contribution is 0.164. The van der Waals surface area contributed by atoms with Crippen LogP contribution in [0.3, 0.4) is 0 Å². The normalized spacial score (nSPS) is 22.4. The maximum atomic E-state index is 4.50. The van der Waals surface area contributed by atoms with Gasteiger partial charge in [0.2, 0.25) is 0 Å². The molecular formula is C28H34. The molecule has 0 aromatic heterocycles. The van der Waals surface area contributed by atoms with Crippen molar-refractivity contribution in [3.05, 3.63) is 102 Å². The molecular weight excluding hydrogens is 336 g/mol. The Bertz CT molecular complexity index is 837. The van der Waals surface area contributed by atoms with Gasteiger partial charge in [0, 0.05) is 5.92 Å². The van der Waals surface area contributed by atoms with Gasteiger partial charge in [0.15, 0.2) is 0 Å². The lowest BCUT2D eigenvalue weighted by Crippen LogP contribution is -2.43. The number of rotatable bonds is 8. The molecule has 3 rings (SSSR count). The number of aryl methyl sites for hydroxylation is 2. The predicted octanol–water partition coefficient (Wildman–Crippen LogP) is 7.66. The molecule has 0 N–H and O–H groups in total. The summed E-state index contributed by atoms with van der Waals surface area (Å²) in [5, 5.41) is 0. The summed E-state index contributed by atoms with van der Waals surface area (Å²) >= 11 is 0. The zero-order valence-electron chi connectivity index (χ0n) is 17.7. The molecule has 0 spiro atoms. The third kappa shape index (κ3) is 4.07. The fraction of sp³-hybridized carbons (Fsp3) is 0.357. The molecule has 0 bridgehead atoms. The van der Waals surface area contributed by atoms with Gasteiger partial charge in [0.25, 0.3) is 0 Å². The summed E-state index contributed by atoms with van der Waals surface area (Å²) in [6.07, 6.45) is 3.28. The van der Waals surface area contributed by atoms with Gasteiger partial charge in [-0.15, -0.1) is 0 Å². The van der Waals surface area contributed by atoms with Crippen LogP contribution in [0.2, 0.25) is 0 Å². The largest absolute Gasteiger partial charge is 0.0996 e. The van der Waals surface area contributed by atoms with Gasteiger partial charge in [-0.25, -0.2) is 0 Å². The summed E-state index contributed by atoms with van der Waals surface area (Å²) in [5.41, 5.74) is 7.90. The SMILES string of the molecule is C=C(CCc1ccc(C)cc1)C(C)C1C(=C)C(C(=C)c2ccccc2)C1CC. The summed E-state index contributed by atoms with van der Waals surface area (Å²) < 4.78 is 0. The van der Waals surface area contributed by atoms with E-state index in [9.17, 15) is 0 Å². The molecule has 0 heterocycles. The van der Waals surface area contributed by atoms with Gasteiger partial charge < -0.3 is 0 Å². The van der Waals surface area contributed by atoms with Gasteiger partial charge in [-0.05, 0) is 54.2 Å². The minimum atomic E-state index is 0.407. The van der Waals surface area contributed by atoms with Crippen molar-refractivity contribution in [3.63, 3.8) is 0 Å². The number of hydrogen-bond donors (Lipinski definition) is 0. The smallest absolute Gasteiger partial charge is 0.00827 e. The van der Waals surface area contributed by atoms with Crippen molar-refractivity contribution in [2.24, 2.45) is 23.7 Å². The zero-order chi connectivity index (χ0) is 20.3. The van der Waals surface area contributed by atoms with Gasteiger partial charge in [-0.2, -0.15) is 0 Å². The van der Waals surface area contributed by atoms with Crippen molar-refractivity contribution < 1.29 is 0 Å². The van der Waals surface area contributed by atoms with Crippen molar-refractivity contribution in [3.8, 4) is 0 Å². The van der Waals surface area contributed by atoms with E-state index >= 15 is 0 Å². The van der Waals surface area contributed by atoms with E-state index < -0.39 is 0 Å². The second-order valence-electron chi connectivity index (χ2n) is 8.47. The zero-order valence-corrected chi connectivity index (χ0v) is 17.7. The summed E-state index contributed by atoms with van der Waals surface area (Å²) in [6, 6.07) is 19.5. The van der Waals surface area contributed by atoms with E-state index in [1.807, 2.05) is 0 Å². The average molecular weight is 371 g/mol. The standard InChI is InChI=1S/C28H34/c1-7-26-27(23(6)28(26)22(5)25-11-9-8-10-12-25)21(4)20(3)15-18-24-16-13-19(2)14-17-24/h8-14,16-17,21,26-28H,3,5-7,15,18H2,1-2,4H3. The quantitative estimate of drug-likeness (QED) is 0.418. The molecule has 4 unspecified atom stereocenters. The van der Waals surface area contributed by atoms with Gasteiger partial charge in [-0.3, -0.25) is 0 Å². The van der Waals surface area contributed by atoms with Gasteiger partial charge in [-0.1, -0.05) is 111 Å². The van der Waals surface area contributed by atoms with Crippen LogP contribution in [-0.4, -0.2) is 0 Å². The number of allylic oxidation sites excluding steroid dienone is 3. The monoisotopic (exact) mass is 370 g/mol. The van der Waals surface area contributed by atoms with Crippen LogP contribution in [0.4, 0.5) is 0 Å². The first-order valence-corrected chi connectivity index (χ1v) is 10.6. The number of hydrogen-bond acceptors (Lipinski definition) is 0. The molecule has 0 amide bonds. The van der Waals surface area contributed by atoms with Crippen LogP contribution in [0, 0.1) is 30.6 Å². The third-order valence-electron chi connectivity index (χ3n) is 6.75. The Morgan fingerprint density at radius 1 is 1.00 bits per heavy atom. The van der Waals surface area contributed by atoms with Crippen molar-refractivity contribution in [2.45, 2.75) is 40.0 Å². The minimum absolute atomic E-state index is 0.407. The molecule has 146 valence electrons. The van der Waals surface area contributed by atoms with Crippen LogP contribution in [0.5, 0.6) is 0 Å². The van der Waals surface area contributed by atoms with Crippen LogP contribution < -0.4 is 0 Å². The first kappa shape index (κ1) is 20.4. The lowest BCUT2D eigenvalue weighted by Gasteiger charge is -2.51. The highest BCUT2D eigenvalue weighted by Gasteiger charge is 2.47.